The minimum atomic E-state index is -0.906. The predicted molar refractivity (Wildman–Crippen MR) is 46.2 cm³/mol. The Morgan fingerprint density at radius 1 is 1.25 bits per heavy atom. The summed E-state index contributed by atoms with van der Waals surface area (Å²) in [6.45, 7) is 4.90. The summed E-state index contributed by atoms with van der Waals surface area (Å²) in [5.74, 6) is 0. The number of rotatable bonds is 8. The molecule has 3 heteroatoms. The summed E-state index contributed by atoms with van der Waals surface area (Å²) in [4.78, 5) is 0. The van der Waals surface area contributed by atoms with Crippen LogP contribution in [0.5, 0.6) is 0 Å². The van der Waals surface area contributed by atoms with Gasteiger partial charge in [0.1, 0.15) is 6.79 Å². The third kappa shape index (κ3) is 7.98. The Morgan fingerprint density at radius 3 is 2.58 bits per heavy atom. The van der Waals surface area contributed by atoms with E-state index in [1.54, 1.807) is 0 Å². The fourth-order valence-corrected chi connectivity index (χ4v) is 0.748. The lowest BCUT2D eigenvalue weighted by molar-refractivity contribution is -0.198. The van der Waals surface area contributed by atoms with Gasteiger partial charge in [0.25, 0.3) is 0 Å². The van der Waals surface area contributed by atoms with Crippen molar-refractivity contribution < 1.29 is 14.6 Å². The maximum atomic E-state index is 10.9. The van der Waals surface area contributed by atoms with Gasteiger partial charge in [-0.15, -0.1) is 0 Å². The van der Waals surface area contributed by atoms with Crippen LogP contribution in [0.2, 0.25) is 0 Å². The van der Waals surface area contributed by atoms with Crippen LogP contribution in [-0.2, 0) is 14.6 Å². The molecule has 1 radical (unpaired) electrons. The minimum Gasteiger partial charge on any atom is -0.355 e. The van der Waals surface area contributed by atoms with Crippen LogP contribution < -0.4 is 0 Å². The van der Waals surface area contributed by atoms with Gasteiger partial charge in [-0.3, -0.25) is 0 Å². The van der Waals surface area contributed by atoms with E-state index in [4.69, 9.17) is 9.47 Å². The monoisotopic (exact) mass is 175 g/mol. The highest BCUT2D eigenvalue weighted by Crippen LogP contribution is 1.98. The smallest absolute Gasteiger partial charge is 0.194 e. The molecule has 0 spiro atoms. The topological polar surface area (TPSA) is 38.4 Å². The Bertz CT molecular complexity index is 85.8. The Balaban J connectivity index is 2.97. The lowest BCUT2D eigenvalue weighted by atomic mass is 10.3. The number of hydrogen-bond acceptors (Lipinski definition) is 2. The van der Waals surface area contributed by atoms with E-state index < -0.39 is 6.29 Å². The van der Waals surface area contributed by atoms with Crippen molar-refractivity contribution in [3.8, 4) is 0 Å². The minimum absolute atomic E-state index is 0.147. The van der Waals surface area contributed by atoms with E-state index in [2.05, 4.69) is 6.92 Å². The third-order valence-corrected chi connectivity index (χ3v) is 1.50. The van der Waals surface area contributed by atoms with Crippen LogP contribution in [0, 0.1) is 0 Å². The first-order chi connectivity index (χ1) is 5.81. The second kappa shape index (κ2) is 8.97. The molecule has 0 heterocycles. The summed E-state index contributed by atoms with van der Waals surface area (Å²) in [6.07, 6.45) is 2.66. The van der Waals surface area contributed by atoms with Gasteiger partial charge >= 0.3 is 0 Å². The molecule has 0 aliphatic rings. The highest BCUT2D eigenvalue weighted by atomic mass is 16.7. The molecule has 0 fully saturated rings. The van der Waals surface area contributed by atoms with Crippen molar-refractivity contribution >= 4 is 0 Å². The first-order valence-corrected chi connectivity index (χ1v) is 4.66. The highest BCUT2D eigenvalue weighted by molar-refractivity contribution is 4.36. The van der Waals surface area contributed by atoms with Crippen LogP contribution in [0.1, 0.15) is 39.5 Å². The number of hydrogen-bond donors (Lipinski definition) is 0. The van der Waals surface area contributed by atoms with E-state index in [0.717, 1.165) is 19.3 Å². The standard InChI is InChI=1S/C9H19O3/c1-3-5-7-11-8-12-9(10)6-4-2/h9H,3-8H2,1-2H3. The fourth-order valence-electron chi connectivity index (χ4n) is 0.748. The van der Waals surface area contributed by atoms with Gasteiger partial charge in [-0.1, -0.05) is 26.7 Å². The summed E-state index contributed by atoms with van der Waals surface area (Å²) in [7, 11) is 0. The van der Waals surface area contributed by atoms with Gasteiger partial charge in [0.2, 0.25) is 0 Å². The van der Waals surface area contributed by atoms with Crippen LogP contribution in [0.15, 0.2) is 0 Å². The van der Waals surface area contributed by atoms with Crippen LogP contribution in [-0.4, -0.2) is 19.7 Å². The first-order valence-electron chi connectivity index (χ1n) is 4.66. The quantitative estimate of drug-likeness (QED) is 0.419. The first kappa shape index (κ1) is 11.9. The molecule has 73 valence electrons. The lowest BCUT2D eigenvalue weighted by Crippen LogP contribution is -2.12. The largest absolute Gasteiger partial charge is 0.355 e. The molecule has 0 aliphatic heterocycles. The van der Waals surface area contributed by atoms with Crippen molar-refractivity contribution in [2.24, 2.45) is 0 Å². The summed E-state index contributed by atoms with van der Waals surface area (Å²) >= 11 is 0. The zero-order valence-electron chi connectivity index (χ0n) is 8.04. The Morgan fingerprint density at radius 2 is 2.00 bits per heavy atom. The van der Waals surface area contributed by atoms with E-state index in [1.807, 2.05) is 6.92 Å². The van der Waals surface area contributed by atoms with E-state index in [1.165, 1.54) is 0 Å². The van der Waals surface area contributed by atoms with Gasteiger partial charge in [0, 0.05) is 13.0 Å². The highest BCUT2D eigenvalue weighted by Gasteiger charge is 2.02. The van der Waals surface area contributed by atoms with Crippen molar-refractivity contribution in [3.05, 3.63) is 0 Å². The van der Waals surface area contributed by atoms with E-state index >= 15 is 0 Å². The van der Waals surface area contributed by atoms with Crippen LogP contribution in [0.4, 0.5) is 0 Å². The second-order valence-electron chi connectivity index (χ2n) is 2.76. The summed E-state index contributed by atoms with van der Waals surface area (Å²) in [6, 6.07) is 0. The molecule has 1 atom stereocenters. The van der Waals surface area contributed by atoms with Gasteiger partial charge in [0.15, 0.2) is 6.29 Å². The molecule has 12 heavy (non-hydrogen) atoms. The van der Waals surface area contributed by atoms with Gasteiger partial charge in [0.05, 0.1) is 0 Å². The molecule has 0 aliphatic carbocycles. The maximum absolute atomic E-state index is 10.9. The average Bonchev–Trinajstić information content (AvgIpc) is 2.05. The van der Waals surface area contributed by atoms with Gasteiger partial charge in [-0.05, 0) is 6.42 Å². The summed E-state index contributed by atoms with van der Waals surface area (Å²) in [5, 5.41) is 10.9. The van der Waals surface area contributed by atoms with Crippen molar-refractivity contribution in [1.82, 2.24) is 0 Å². The Labute approximate surface area is 74.7 Å². The molecule has 0 saturated heterocycles. The third-order valence-electron chi connectivity index (χ3n) is 1.50. The van der Waals surface area contributed by atoms with Crippen molar-refractivity contribution in [1.29, 1.82) is 0 Å². The molecule has 0 aromatic carbocycles. The summed E-state index contributed by atoms with van der Waals surface area (Å²) < 4.78 is 9.92. The molecule has 0 amide bonds. The Hall–Kier alpha value is -0.120. The van der Waals surface area contributed by atoms with E-state index in [0.29, 0.717) is 13.0 Å². The predicted octanol–water partition coefficient (Wildman–Crippen LogP) is 2.33. The molecule has 0 N–H and O–H groups in total. The second-order valence-corrected chi connectivity index (χ2v) is 2.76. The van der Waals surface area contributed by atoms with Gasteiger partial charge in [-0.25, -0.2) is 5.11 Å². The van der Waals surface area contributed by atoms with Crippen molar-refractivity contribution in [3.63, 3.8) is 0 Å². The SMILES string of the molecule is CCCCOCOC([O])CCC. The fraction of sp³-hybridized carbons (Fsp3) is 1.00. The molecule has 0 rings (SSSR count). The van der Waals surface area contributed by atoms with Crippen molar-refractivity contribution in [2.45, 2.75) is 45.8 Å². The average molecular weight is 175 g/mol. The maximum Gasteiger partial charge on any atom is 0.194 e. The molecule has 3 nitrogen and oxygen atoms in total. The Kier molecular flexibility index (Phi) is 8.88. The van der Waals surface area contributed by atoms with Crippen LogP contribution in [0.25, 0.3) is 0 Å². The van der Waals surface area contributed by atoms with E-state index in [9.17, 15) is 5.11 Å². The zero-order valence-corrected chi connectivity index (χ0v) is 8.04. The molecule has 1 unspecified atom stereocenters. The van der Waals surface area contributed by atoms with Crippen LogP contribution in [0.3, 0.4) is 0 Å². The van der Waals surface area contributed by atoms with Gasteiger partial charge in [-0.2, -0.15) is 0 Å². The molecular weight excluding hydrogens is 156 g/mol. The van der Waals surface area contributed by atoms with E-state index in [-0.39, 0.29) is 6.79 Å². The van der Waals surface area contributed by atoms with Gasteiger partial charge < -0.3 is 9.47 Å². The van der Waals surface area contributed by atoms with Crippen LogP contribution >= 0.6 is 0 Å². The number of ether oxygens (including phenoxy) is 2. The molecule has 0 aromatic rings. The number of unbranched alkanes of at least 4 members (excludes halogenated alkanes) is 1. The van der Waals surface area contributed by atoms with Crippen molar-refractivity contribution in [2.75, 3.05) is 13.4 Å². The lowest BCUT2D eigenvalue weighted by Gasteiger charge is -2.08. The molecular formula is C9H19O3. The zero-order chi connectivity index (χ0) is 9.23. The molecule has 0 aromatic heterocycles. The molecule has 0 bridgehead atoms. The summed E-state index contributed by atoms with van der Waals surface area (Å²) in [5.41, 5.74) is 0. The normalized spacial score (nSPS) is 13.2. The molecule has 0 saturated carbocycles.